The summed E-state index contributed by atoms with van der Waals surface area (Å²) in [4.78, 5) is 45.3. The van der Waals surface area contributed by atoms with Crippen LogP contribution in [0.25, 0.3) is 11.4 Å². The lowest BCUT2D eigenvalue weighted by Crippen LogP contribution is -2.60. The van der Waals surface area contributed by atoms with E-state index in [0.29, 0.717) is 43.6 Å². The molecule has 10 nitrogen and oxygen atoms in total. The Labute approximate surface area is 242 Å². The van der Waals surface area contributed by atoms with Gasteiger partial charge in [-0.2, -0.15) is 4.98 Å². The molecule has 4 atom stereocenters. The van der Waals surface area contributed by atoms with E-state index in [1.807, 2.05) is 59.2 Å². The molecule has 10 heteroatoms. The number of benzene rings is 2. The molecule has 4 aromatic rings. The van der Waals surface area contributed by atoms with Gasteiger partial charge in [0, 0.05) is 73.6 Å². The lowest BCUT2D eigenvalue weighted by Gasteiger charge is -2.54. The molecule has 5 heterocycles. The van der Waals surface area contributed by atoms with Crippen LogP contribution in [0.1, 0.15) is 36.4 Å². The fourth-order valence-electron chi connectivity index (χ4n) is 7.09. The van der Waals surface area contributed by atoms with Crippen molar-refractivity contribution in [3.8, 4) is 11.4 Å². The van der Waals surface area contributed by atoms with Crippen LogP contribution in [0.2, 0.25) is 0 Å². The number of fused-ring (bicyclic) bond motifs is 8. The molecular weight excluding hydrogens is 532 g/mol. The molecule has 2 amide bonds. The highest BCUT2D eigenvalue weighted by molar-refractivity contribution is 5.89. The Morgan fingerprint density at radius 1 is 1.05 bits per heavy atom. The minimum atomic E-state index is -0.347. The average molecular weight is 565 g/mol. The molecule has 2 bridgehead atoms. The van der Waals surface area contributed by atoms with E-state index >= 15 is 0 Å². The SMILES string of the molecule is CC(=O)Nc1ccc2c(c1)CC(C(=O)NCCc1nc(-c3ccccc3)no1)[C@H]1[C@@H]3C[C@H](CN21)Cn1c3cccc1=O. The Bertz CT molecular complexity index is 1710. The number of hydrogen-bond acceptors (Lipinski definition) is 7. The van der Waals surface area contributed by atoms with Gasteiger partial charge in [0.15, 0.2) is 0 Å². The second-order valence-corrected chi connectivity index (χ2v) is 11.5. The zero-order valence-electron chi connectivity index (χ0n) is 23.3. The maximum Gasteiger partial charge on any atom is 0.250 e. The van der Waals surface area contributed by atoms with Gasteiger partial charge in [-0.3, -0.25) is 14.4 Å². The quantitative estimate of drug-likeness (QED) is 0.368. The van der Waals surface area contributed by atoms with Crippen LogP contribution >= 0.6 is 0 Å². The van der Waals surface area contributed by atoms with Crippen LogP contribution < -0.4 is 21.1 Å². The summed E-state index contributed by atoms with van der Waals surface area (Å²) >= 11 is 0. The fourth-order valence-corrected chi connectivity index (χ4v) is 7.09. The summed E-state index contributed by atoms with van der Waals surface area (Å²) < 4.78 is 7.34. The number of hydrogen-bond donors (Lipinski definition) is 2. The standard InChI is InChI=1S/C32H32N6O4/c1-19(39)34-23-10-11-26-22(15-23)16-25(30-24-14-20(18-38(26)30)17-37-27(24)8-5-9-29(37)40)32(41)33-13-12-28-35-31(36-42-28)21-6-3-2-4-7-21/h2-11,15,20,24-25,30H,12-14,16-18H2,1H3,(H,33,41)(H,34,39)/t20-,24+,25?,30+/m0/s1. The van der Waals surface area contributed by atoms with Crippen LogP contribution in [0.3, 0.4) is 0 Å². The Balaban J connectivity index is 1.16. The number of nitrogens with zero attached hydrogens (tertiary/aromatic N) is 4. The van der Waals surface area contributed by atoms with Gasteiger partial charge in [0.05, 0.1) is 5.92 Å². The number of nitrogens with one attached hydrogen (secondary N) is 2. The predicted molar refractivity (Wildman–Crippen MR) is 157 cm³/mol. The van der Waals surface area contributed by atoms with Crippen molar-refractivity contribution in [2.45, 2.75) is 44.7 Å². The summed E-state index contributed by atoms with van der Waals surface area (Å²) in [5, 5.41) is 10.1. The Hall–Kier alpha value is -4.73. The molecule has 1 saturated heterocycles. The third kappa shape index (κ3) is 4.76. The fraction of sp³-hybridized carbons (Fsp3) is 0.344. The largest absolute Gasteiger partial charge is 0.366 e. The van der Waals surface area contributed by atoms with Crippen molar-refractivity contribution < 1.29 is 14.1 Å². The molecular formula is C32H32N6O4. The smallest absolute Gasteiger partial charge is 0.250 e. The monoisotopic (exact) mass is 564 g/mol. The van der Waals surface area contributed by atoms with Crippen LogP contribution in [0.15, 0.2) is 76.0 Å². The first-order valence-corrected chi connectivity index (χ1v) is 14.5. The van der Waals surface area contributed by atoms with Crippen LogP contribution in [0, 0.1) is 11.8 Å². The van der Waals surface area contributed by atoms with E-state index in [-0.39, 0.29) is 35.3 Å². The highest BCUT2D eigenvalue weighted by Gasteiger charge is 2.49. The molecule has 3 aliphatic heterocycles. The highest BCUT2D eigenvalue weighted by Crippen LogP contribution is 2.48. The third-order valence-electron chi connectivity index (χ3n) is 8.75. The minimum Gasteiger partial charge on any atom is -0.366 e. The predicted octanol–water partition coefficient (Wildman–Crippen LogP) is 3.38. The van der Waals surface area contributed by atoms with E-state index in [2.05, 4.69) is 31.7 Å². The van der Waals surface area contributed by atoms with Gasteiger partial charge in [-0.1, -0.05) is 41.6 Å². The molecule has 214 valence electrons. The molecule has 2 N–H and O–H groups in total. The summed E-state index contributed by atoms with van der Waals surface area (Å²) in [5.41, 5.74) is 4.75. The number of rotatable bonds is 6. The normalized spacial score (nSPS) is 22.0. The van der Waals surface area contributed by atoms with Crippen LogP contribution in [0.4, 0.5) is 11.4 Å². The van der Waals surface area contributed by atoms with E-state index < -0.39 is 0 Å². The van der Waals surface area contributed by atoms with Crippen molar-refractivity contribution in [2.75, 3.05) is 23.3 Å². The van der Waals surface area contributed by atoms with Crippen molar-refractivity contribution in [3.05, 3.63) is 94.2 Å². The van der Waals surface area contributed by atoms with Crippen LogP contribution in [0.5, 0.6) is 0 Å². The molecule has 42 heavy (non-hydrogen) atoms. The maximum atomic E-state index is 13.9. The zero-order chi connectivity index (χ0) is 28.8. The third-order valence-corrected chi connectivity index (χ3v) is 8.75. The van der Waals surface area contributed by atoms with Crippen LogP contribution in [-0.2, 0) is 29.0 Å². The molecule has 2 aromatic carbocycles. The summed E-state index contributed by atoms with van der Waals surface area (Å²) in [6.07, 6.45) is 1.89. The van der Waals surface area contributed by atoms with Gasteiger partial charge in [-0.15, -0.1) is 0 Å². The molecule has 0 aliphatic carbocycles. The van der Waals surface area contributed by atoms with Crippen molar-refractivity contribution >= 4 is 23.2 Å². The summed E-state index contributed by atoms with van der Waals surface area (Å²) in [6, 6.07) is 21.0. The van der Waals surface area contributed by atoms with Gasteiger partial charge in [-0.05, 0) is 48.6 Å². The molecule has 0 spiro atoms. The number of aromatic nitrogens is 3. The van der Waals surface area contributed by atoms with E-state index in [9.17, 15) is 14.4 Å². The van der Waals surface area contributed by atoms with Crippen molar-refractivity contribution in [2.24, 2.45) is 11.8 Å². The van der Waals surface area contributed by atoms with Crippen molar-refractivity contribution in [1.29, 1.82) is 0 Å². The second kappa shape index (κ2) is 10.6. The summed E-state index contributed by atoms with van der Waals surface area (Å²) in [6.45, 7) is 3.30. The number of amides is 2. The number of pyridine rings is 1. The van der Waals surface area contributed by atoms with Gasteiger partial charge in [0.2, 0.25) is 23.5 Å². The maximum absolute atomic E-state index is 13.9. The van der Waals surface area contributed by atoms with E-state index in [1.54, 1.807) is 6.07 Å². The highest BCUT2D eigenvalue weighted by atomic mass is 16.5. The Morgan fingerprint density at radius 2 is 1.90 bits per heavy atom. The molecule has 3 aliphatic rings. The number of carbonyl (C=O) groups is 2. The molecule has 2 aromatic heterocycles. The average Bonchev–Trinajstić information content (AvgIpc) is 3.46. The van der Waals surface area contributed by atoms with Gasteiger partial charge in [0.25, 0.3) is 5.56 Å². The zero-order valence-corrected chi connectivity index (χ0v) is 23.3. The van der Waals surface area contributed by atoms with Crippen LogP contribution in [-0.4, -0.2) is 45.7 Å². The van der Waals surface area contributed by atoms with Gasteiger partial charge in [-0.25, -0.2) is 0 Å². The number of carbonyl (C=O) groups excluding carboxylic acids is 2. The lowest BCUT2D eigenvalue weighted by atomic mass is 9.69. The summed E-state index contributed by atoms with van der Waals surface area (Å²) in [5.74, 6) is 0.816. The van der Waals surface area contributed by atoms with Crippen molar-refractivity contribution in [1.82, 2.24) is 20.0 Å². The topological polar surface area (TPSA) is 122 Å². The first-order chi connectivity index (χ1) is 20.4. The summed E-state index contributed by atoms with van der Waals surface area (Å²) in [7, 11) is 0. The molecule has 0 radical (unpaired) electrons. The van der Waals surface area contributed by atoms with E-state index in [0.717, 1.165) is 41.2 Å². The molecule has 0 saturated carbocycles. The first-order valence-electron chi connectivity index (χ1n) is 14.5. The Kier molecular flexibility index (Phi) is 6.60. The molecule has 1 unspecified atom stereocenters. The molecule has 1 fully saturated rings. The minimum absolute atomic E-state index is 0.0160. The number of piperidine rings is 1. The van der Waals surface area contributed by atoms with Gasteiger partial charge < -0.3 is 24.6 Å². The van der Waals surface area contributed by atoms with Crippen molar-refractivity contribution in [3.63, 3.8) is 0 Å². The van der Waals surface area contributed by atoms with E-state index in [4.69, 9.17) is 4.52 Å². The van der Waals surface area contributed by atoms with Gasteiger partial charge in [0.1, 0.15) is 0 Å². The first kappa shape index (κ1) is 26.2. The lowest BCUT2D eigenvalue weighted by molar-refractivity contribution is -0.126. The Morgan fingerprint density at radius 3 is 2.74 bits per heavy atom. The van der Waals surface area contributed by atoms with E-state index in [1.165, 1.54) is 6.92 Å². The van der Waals surface area contributed by atoms with Gasteiger partial charge >= 0.3 is 0 Å². The second-order valence-electron chi connectivity index (χ2n) is 11.5. The molecule has 7 rings (SSSR count). The number of anilines is 2.